The van der Waals surface area contributed by atoms with E-state index in [0.29, 0.717) is 0 Å². The Morgan fingerprint density at radius 3 is 2.53 bits per heavy atom. The fourth-order valence-electron chi connectivity index (χ4n) is 3.45. The summed E-state index contributed by atoms with van der Waals surface area (Å²) >= 11 is 0. The summed E-state index contributed by atoms with van der Waals surface area (Å²) < 4.78 is 5.87. The van der Waals surface area contributed by atoms with Crippen LogP contribution in [0.3, 0.4) is 0 Å². The standard InChI is InChI=1S/C15H27NO/c1-17-15(11-7-4-8-12-15)14(16)13-9-5-2-3-6-10-13/h9,14H,2-8,10-12,16H2,1H3. The zero-order chi connectivity index (χ0) is 12.1. The molecule has 2 N–H and O–H groups in total. The monoisotopic (exact) mass is 237 g/mol. The summed E-state index contributed by atoms with van der Waals surface area (Å²) in [5.74, 6) is 0. The molecule has 0 aliphatic heterocycles. The SMILES string of the molecule is COC1(C(N)C2=CCCCCC2)CCCCC1. The molecule has 2 aliphatic rings. The number of nitrogens with two attached hydrogens (primary N) is 1. The van der Waals surface area contributed by atoms with Gasteiger partial charge in [0.05, 0.1) is 11.6 Å². The van der Waals surface area contributed by atoms with Crippen molar-refractivity contribution in [3.8, 4) is 0 Å². The number of hydrogen-bond donors (Lipinski definition) is 1. The molecule has 0 bridgehead atoms. The van der Waals surface area contributed by atoms with Gasteiger partial charge in [0.25, 0.3) is 0 Å². The van der Waals surface area contributed by atoms with Crippen LogP contribution in [0.1, 0.15) is 64.2 Å². The summed E-state index contributed by atoms with van der Waals surface area (Å²) in [5, 5.41) is 0. The molecule has 0 spiro atoms. The summed E-state index contributed by atoms with van der Waals surface area (Å²) in [5.41, 5.74) is 7.95. The third kappa shape index (κ3) is 2.92. The van der Waals surface area contributed by atoms with Gasteiger partial charge in [0.2, 0.25) is 0 Å². The molecule has 1 saturated carbocycles. The van der Waals surface area contributed by atoms with E-state index in [9.17, 15) is 0 Å². The molecule has 0 aromatic carbocycles. The molecule has 0 heterocycles. The first-order valence-electron chi connectivity index (χ1n) is 7.28. The summed E-state index contributed by atoms with van der Waals surface area (Å²) in [7, 11) is 1.85. The third-order valence-corrected chi connectivity index (χ3v) is 4.65. The van der Waals surface area contributed by atoms with Crippen LogP contribution < -0.4 is 5.73 Å². The quantitative estimate of drug-likeness (QED) is 0.762. The second-order valence-electron chi connectivity index (χ2n) is 5.69. The Morgan fingerprint density at radius 1 is 1.12 bits per heavy atom. The van der Waals surface area contributed by atoms with Crippen LogP contribution >= 0.6 is 0 Å². The van der Waals surface area contributed by atoms with Gasteiger partial charge in [-0.2, -0.15) is 0 Å². The minimum absolute atomic E-state index is 0.0611. The normalized spacial score (nSPS) is 27.1. The van der Waals surface area contributed by atoms with E-state index in [1.807, 2.05) is 7.11 Å². The molecule has 1 atom stereocenters. The van der Waals surface area contributed by atoms with Gasteiger partial charge in [-0.15, -0.1) is 0 Å². The van der Waals surface area contributed by atoms with E-state index >= 15 is 0 Å². The topological polar surface area (TPSA) is 35.2 Å². The summed E-state index contributed by atoms with van der Waals surface area (Å²) in [6, 6.07) is 0.130. The Labute approximate surface area is 106 Å². The van der Waals surface area contributed by atoms with Gasteiger partial charge >= 0.3 is 0 Å². The molecule has 2 aliphatic carbocycles. The third-order valence-electron chi connectivity index (χ3n) is 4.65. The number of rotatable bonds is 3. The van der Waals surface area contributed by atoms with Gasteiger partial charge in [0.1, 0.15) is 0 Å². The lowest BCUT2D eigenvalue weighted by atomic mass is 9.76. The Kier molecular flexibility index (Phi) is 4.63. The van der Waals surface area contributed by atoms with Gasteiger partial charge in [-0.25, -0.2) is 0 Å². The van der Waals surface area contributed by atoms with Crippen molar-refractivity contribution in [2.24, 2.45) is 5.73 Å². The van der Waals surface area contributed by atoms with Crippen LogP contribution in [0.2, 0.25) is 0 Å². The summed E-state index contributed by atoms with van der Waals surface area (Å²) in [4.78, 5) is 0. The van der Waals surface area contributed by atoms with Crippen molar-refractivity contribution in [3.05, 3.63) is 11.6 Å². The van der Waals surface area contributed by atoms with Crippen LogP contribution in [0, 0.1) is 0 Å². The Morgan fingerprint density at radius 2 is 1.82 bits per heavy atom. The molecular formula is C15H27NO. The molecule has 2 rings (SSSR count). The van der Waals surface area contributed by atoms with E-state index in [4.69, 9.17) is 10.5 Å². The van der Waals surface area contributed by atoms with Gasteiger partial charge in [0, 0.05) is 7.11 Å². The van der Waals surface area contributed by atoms with Gasteiger partial charge < -0.3 is 10.5 Å². The highest BCUT2D eigenvalue weighted by Crippen LogP contribution is 2.37. The van der Waals surface area contributed by atoms with Crippen LogP contribution in [-0.4, -0.2) is 18.8 Å². The zero-order valence-electron chi connectivity index (χ0n) is 11.2. The Bertz CT molecular complexity index is 266. The van der Waals surface area contributed by atoms with E-state index < -0.39 is 0 Å². The van der Waals surface area contributed by atoms with Crippen LogP contribution in [0.5, 0.6) is 0 Å². The molecule has 0 saturated heterocycles. The van der Waals surface area contributed by atoms with Gasteiger partial charge in [-0.3, -0.25) is 0 Å². The van der Waals surface area contributed by atoms with Crippen molar-refractivity contribution in [3.63, 3.8) is 0 Å². The maximum absolute atomic E-state index is 6.54. The van der Waals surface area contributed by atoms with Crippen LogP contribution in [0.25, 0.3) is 0 Å². The number of methoxy groups -OCH3 is 1. The van der Waals surface area contributed by atoms with Gasteiger partial charge in [-0.05, 0) is 38.5 Å². The largest absolute Gasteiger partial charge is 0.376 e. The molecular weight excluding hydrogens is 210 g/mol. The molecule has 2 heteroatoms. The van der Waals surface area contributed by atoms with Crippen molar-refractivity contribution in [1.29, 1.82) is 0 Å². The van der Waals surface area contributed by atoms with Crippen LogP contribution in [-0.2, 0) is 4.74 Å². The van der Waals surface area contributed by atoms with Crippen molar-refractivity contribution in [2.75, 3.05) is 7.11 Å². The summed E-state index contributed by atoms with van der Waals surface area (Å²) in [6.07, 6.45) is 15.0. The highest BCUT2D eigenvalue weighted by atomic mass is 16.5. The maximum Gasteiger partial charge on any atom is 0.0867 e. The number of allylic oxidation sites excluding steroid dienone is 1. The van der Waals surface area contributed by atoms with E-state index in [2.05, 4.69) is 6.08 Å². The molecule has 2 nitrogen and oxygen atoms in total. The van der Waals surface area contributed by atoms with E-state index in [1.54, 1.807) is 0 Å². The number of ether oxygens (including phenoxy) is 1. The van der Waals surface area contributed by atoms with Crippen molar-refractivity contribution in [1.82, 2.24) is 0 Å². The van der Waals surface area contributed by atoms with Crippen molar-refractivity contribution in [2.45, 2.75) is 75.9 Å². The Balaban J connectivity index is 2.09. The lowest BCUT2D eigenvalue weighted by Gasteiger charge is -2.41. The average molecular weight is 237 g/mol. The zero-order valence-corrected chi connectivity index (χ0v) is 11.2. The molecule has 98 valence electrons. The maximum atomic E-state index is 6.54. The molecule has 1 fully saturated rings. The predicted octanol–water partition coefficient (Wildman–Crippen LogP) is 3.55. The highest BCUT2D eigenvalue weighted by molar-refractivity contribution is 5.18. The lowest BCUT2D eigenvalue weighted by molar-refractivity contribution is -0.0510. The van der Waals surface area contributed by atoms with Gasteiger partial charge in [-0.1, -0.05) is 37.3 Å². The molecule has 0 amide bonds. The fourth-order valence-corrected chi connectivity index (χ4v) is 3.45. The molecule has 0 aromatic rings. The average Bonchev–Trinajstić information content (AvgIpc) is 2.67. The van der Waals surface area contributed by atoms with Crippen LogP contribution in [0.4, 0.5) is 0 Å². The Hall–Kier alpha value is -0.340. The molecule has 17 heavy (non-hydrogen) atoms. The van der Waals surface area contributed by atoms with E-state index in [-0.39, 0.29) is 11.6 Å². The van der Waals surface area contributed by atoms with Crippen molar-refractivity contribution >= 4 is 0 Å². The minimum atomic E-state index is -0.0611. The molecule has 0 aromatic heterocycles. The molecule has 1 unspecified atom stereocenters. The van der Waals surface area contributed by atoms with Gasteiger partial charge in [0.15, 0.2) is 0 Å². The van der Waals surface area contributed by atoms with E-state index in [0.717, 1.165) is 12.8 Å². The predicted molar refractivity (Wildman–Crippen MR) is 72.0 cm³/mol. The smallest absolute Gasteiger partial charge is 0.0867 e. The second kappa shape index (κ2) is 6.01. The summed E-state index contributed by atoms with van der Waals surface area (Å²) in [6.45, 7) is 0. The second-order valence-corrected chi connectivity index (χ2v) is 5.69. The first kappa shape index (κ1) is 13.1. The highest BCUT2D eigenvalue weighted by Gasteiger charge is 2.39. The van der Waals surface area contributed by atoms with E-state index in [1.165, 1.54) is 56.9 Å². The van der Waals surface area contributed by atoms with Crippen LogP contribution in [0.15, 0.2) is 11.6 Å². The minimum Gasteiger partial charge on any atom is -0.376 e. The first-order chi connectivity index (χ1) is 8.28. The number of hydrogen-bond acceptors (Lipinski definition) is 2. The molecule has 0 radical (unpaired) electrons. The lowest BCUT2D eigenvalue weighted by Crippen LogP contribution is -2.51. The first-order valence-corrected chi connectivity index (χ1v) is 7.28. The fraction of sp³-hybridized carbons (Fsp3) is 0.867. The van der Waals surface area contributed by atoms with Crippen molar-refractivity contribution < 1.29 is 4.74 Å².